The first-order valence-corrected chi connectivity index (χ1v) is 11.6. The van der Waals surface area contributed by atoms with Crippen molar-refractivity contribution in [1.29, 1.82) is 0 Å². The molecule has 0 bridgehead atoms. The van der Waals surface area contributed by atoms with Gasteiger partial charge in [0.1, 0.15) is 6.10 Å². The maximum Gasteiger partial charge on any atom is 0.338 e. The summed E-state index contributed by atoms with van der Waals surface area (Å²) in [5.74, 6) is -0.240. The molecule has 0 aromatic heterocycles. The molecule has 1 fully saturated rings. The summed E-state index contributed by atoms with van der Waals surface area (Å²) >= 11 is 2.32. The molecule has 1 saturated carbocycles. The topological polar surface area (TPSA) is 41.9 Å². The first-order valence-electron chi connectivity index (χ1n) is 10.6. The highest BCUT2D eigenvalue weighted by molar-refractivity contribution is 14.1. The Bertz CT molecular complexity index is 1010. The van der Waals surface area contributed by atoms with Gasteiger partial charge in [0.25, 0.3) is 0 Å². The zero-order chi connectivity index (χ0) is 21.5. The lowest BCUT2D eigenvalue weighted by molar-refractivity contribution is 0.0256. The molecule has 5 heteroatoms. The van der Waals surface area contributed by atoms with Gasteiger partial charge in [-0.05, 0) is 90.2 Å². The average molecular weight is 524 g/mol. The van der Waals surface area contributed by atoms with Crippen LogP contribution in [0.1, 0.15) is 41.6 Å². The molecular formula is C26H25IN2O2. The van der Waals surface area contributed by atoms with E-state index >= 15 is 0 Å². The third kappa shape index (κ3) is 6.17. The first kappa shape index (κ1) is 21.6. The van der Waals surface area contributed by atoms with Gasteiger partial charge in [-0.25, -0.2) is 4.79 Å². The molecule has 0 N–H and O–H groups in total. The summed E-state index contributed by atoms with van der Waals surface area (Å²) in [4.78, 5) is 12.3. The zero-order valence-electron chi connectivity index (χ0n) is 17.3. The lowest BCUT2D eigenvalue weighted by atomic mass is 9.95. The number of nitrogens with zero attached hydrogens (tertiary/aromatic N) is 2. The van der Waals surface area contributed by atoms with Crippen molar-refractivity contribution in [3.8, 4) is 0 Å². The lowest BCUT2D eigenvalue weighted by Crippen LogP contribution is -2.27. The molecule has 158 valence electrons. The summed E-state index contributed by atoms with van der Waals surface area (Å²) < 4.78 is 6.94. The van der Waals surface area contributed by atoms with Gasteiger partial charge in [-0.3, -0.25) is 5.01 Å². The van der Waals surface area contributed by atoms with E-state index in [9.17, 15) is 4.79 Å². The number of carbonyl (C=O) groups is 1. The molecule has 0 amide bonds. The van der Waals surface area contributed by atoms with Gasteiger partial charge in [0.2, 0.25) is 0 Å². The average Bonchev–Trinajstić information content (AvgIpc) is 2.82. The second kappa shape index (κ2) is 10.6. The van der Waals surface area contributed by atoms with Gasteiger partial charge < -0.3 is 4.74 Å². The number of halogens is 1. The van der Waals surface area contributed by atoms with E-state index in [0.717, 1.165) is 43.6 Å². The van der Waals surface area contributed by atoms with Crippen LogP contribution in [0, 0.1) is 3.57 Å². The van der Waals surface area contributed by atoms with E-state index < -0.39 is 0 Å². The summed E-state index contributed by atoms with van der Waals surface area (Å²) in [6, 6.07) is 28.0. The van der Waals surface area contributed by atoms with Gasteiger partial charge in [-0.1, -0.05) is 48.5 Å². The fourth-order valence-electron chi connectivity index (χ4n) is 3.65. The monoisotopic (exact) mass is 524 g/mol. The highest BCUT2D eigenvalue weighted by Crippen LogP contribution is 2.24. The fourth-order valence-corrected chi connectivity index (χ4v) is 4.01. The van der Waals surface area contributed by atoms with Crippen LogP contribution in [0.15, 0.2) is 90.0 Å². The van der Waals surface area contributed by atoms with E-state index in [2.05, 4.69) is 64.0 Å². The molecule has 0 saturated heterocycles. The molecule has 0 atom stereocenters. The Kier molecular flexibility index (Phi) is 7.35. The van der Waals surface area contributed by atoms with E-state index in [1.54, 1.807) is 12.1 Å². The SMILES string of the molecule is O=C(OC1CCC(=NN(Cc2ccc(I)cc2)c2ccccc2)CC1)c1ccccc1. The molecule has 3 aromatic rings. The van der Waals surface area contributed by atoms with Crippen molar-refractivity contribution < 1.29 is 9.53 Å². The summed E-state index contributed by atoms with van der Waals surface area (Å²) in [7, 11) is 0. The summed E-state index contributed by atoms with van der Waals surface area (Å²) in [6.07, 6.45) is 3.24. The maximum absolute atomic E-state index is 12.3. The Morgan fingerprint density at radius 1 is 0.903 bits per heavy atom. The summed E-state index contributed by atoms with van der Waals surface area (Å²) in [5, 5.41) is 7.08. The number of esters is 1. The quantitative estimate of drug-likeness (QED) is 0.211. The molecule has 4 rings (SSSR count). The van der Waals surface area contributed by atoms with Crippen LogP contribution in [0.25, 0.3) is 0 Å². The van der Waals surface area contributed by atoms with E-state index in [1.807, 2.05) is 36.4 Å². The molecule has 0 heterocycles. The van der Waals surface area contributed by atoms with Crippen molar-refractivity contribution in [2.75, 3.05) is 5.01 Å². The number of hydrogen-bond acceptors (Lipinski definition) is 4. The highest BCUT2D eigenvalue weighted by Gasteiger charge is 2.22. The third-order valence-electron chi connectivity index (χ3n) is 5.35. The van der Waals surface area contributed by atoms with Crippen LogP contribution in [0.4, 0.5) is 5.69 Å². The van der Waals surface area contributed by atoms with Crippen molar-refractivity contribution in [3.05, 3.63) is 99.6 Å². The van der Waals surface area contributed by atoms with Gasteiger partial charge in [0, 0.05) is 9.28 Å². The number of benzene rings is 3. The van der Waals surface area contributed by atoms with E-state index in [0.29, 0.717) is 5.56 Å². The van der Waals surface area contributed by atoms with Gasteiger partial charge in [-0.15, -0.1) is 0 Å². The number of anilines is 1. The van der Waals surface area contributed by atoms with Crippen molar-refractivity contribution in [2.45, 2.75) is 38.3 Å². The highest BCUT2D eigenvalue weighted by atomic mass is 127. The Morgan fingerprint density at radius 3 is 2.16 bits per heavy atom. The fraction of sp³-hybridized carbons (Fsp3) is 0.231. The Labute approximate surface area is 197 Å². The van der Waals surface area contributed by atoms with Crippen LogP contribution >= 0.6 is 22.6 Å². The Hall–Kier alpha value is -2.67. The zero-order valence-corrected chi connectivity index (χ0v) is 19.4. The van der Waals surface area contributed by atoms with Crippen LogP contribution < -0.4 is 5.01 Å². The van der Waals surface area contributed by atoms with Crippen LogP contribution in [0.3, 0.4) is 0 Å². The lowest BCUT2D eigenvalue weighted by Gasteiger charge is -2.26. The van der Waals surface area contributed by atoms with E-state index in [1.165, 1.54) is 9.13 Å². The van der Waals surface area contributed by atoms with Gasteiger partial charge in [0.15, 0.2) is 0 Å². The second-order valence-corrected chi connectivity index (χ2v) is 8.90. The van der Waals surface area contributed by atoms with Crippen LogP contribution in [0.2, 0.25) is 0 Å². The van der Waals surface area contributed by atoms with Crippen molar-refractivity contribution in [1.82, 2.24) is 0 Å². The molecule has 1 aliphatic carbocycles. The summed E-state index contributed by atoms with van der Waals surface area (Å²) in [6.45, 7) is 0.719. The Morgan fingerprint density at radius 2 is 1.52 bits per heavy atom. The van der Waals surface area contributed by atoms with Crippen LogP contribution in [-0.4, -0.2) is 17.8 Å². The van der Waals surface area contributed by atoms with Crippen molar-refractivity contribution >= 4 is 40.0 Å². The number of rotatable bonds is 6. The largest absolute Gasteiger partial charge is 0.459 e. The number of para-hydroxylation sites is 1. The molecular weight excluding hydrogens is 499 g/mol. The normalized spacial score (nSPS) is 15.9. The molecule has 0 spiro atoms. The van der Waals surface area contributed by atoms with Crippen LogP contribution in [-0.2, 0) is 11.3 Å². The third-order valence-corrected chi connectivity index (χ3v) is 6.07. The molecule has 0 radical (unpaired) electrons. The molecule has 0 aliphatic heterocycles. The van der Waals surface area contributed by atoms with Gasteiger partial charge in [0.05, 0.1) is 17.8 Å². The van der Waals surface area contributed by atoms with Crippen LogP contribution in [0.5, 0.6) is 0 Å². The minimum Gasteiger partial charge on any atom is -0.459 e. The maximum atomic E-state index is 12.3. The number of ether oxygens (including phenoxy) is 1. The molecule has 31 heavy (non-hydrogen) atoms. The minimum absolute atomic E-state index is 0.0481. The number of hydrogen-bond donors (Lipinski definition) is 0. The van der Waals surface area contributed by atoms with E-state index in [4.69, 9.17) is 9.84 Å². The minimum atomic E-state index is -0.240. The first-order chi connectivity index (χ1) is 15.2. The predicted molar refractivity (Wildman–Crippen MR) is 133 cm³/mol. The number of hydrazone groups is 1. The molecule has 0 unspecified atom stereocenters. The Balaban J connectivity index is 1.41. The molecule has 3 aromatic carbocycles. The standard InChI is InChI=1S/C26H25IN2O2/c27-22-13-11-20(12-14-22)19-29(24-9-5-2-6-10-24)28-23-15-17-25(18-16-23)31-26(30)21-7-3-1-4-8-21/h1-14,25H,15-19H2. The van der Waals surface area contributed by atoms with Gasteiger partial charge >= 0.3 is 5.97 Å². The molecule has 4 nitrogen and oxygen atoms in total. The van der Waals surface area contributed by atoms with E-state index in [-0.39, 0.29) is 12.1 Å². The van der Waals surface area contributed by atoms with Crippen molar-refractivity contribution in [2.24, 2.45) is 5.10 Å². The van der Waals surface area contributed by atoms with Gasteiger partial charge in [-0.2, -0.15) is 5.10 Å². The molecule has 1 aliphatic rings. The predicted octanol–water partition coefficient (Wildman–Crippen LogP) is 6.45. The second-order valence-electron chi connectivity index (χ2n) is 7.66. The summed E-state index contributed by atoms with van der Waals surface area (Å²) in [5.41, 5.74) is 4.06. The number of carbonyl (C=O) groups excluding carboxylic acids is 1. The smallest absolute Gasteiger partial charge is 0.338 e. The van der Waals surface area contributed by atoms with Crippen molar-refractivity contribution in [3.63, 3.8) is 0 Å².